The summed E-state index contributed by atoms with van der Waals surface area (Å²) in [5.74, 6) is 0.638. The molecule has 42 heavy (non-hydrogen) atoms. The van der Waals surface area contributed by atoms with Crippen molar-refractivity contribution in [2.24, 2.45) is 0 Å². The first-order valence-electron chi connectivity index (χ1n) is 13.1. The van der Waals surface area contributed by atoms with E-state index in [4.69, 9.17) is 9.47 Å². The molecular formula is C30H27F3N4O5. The molecule has 2 amide bonds. The highest BCUT2D eigenvalue weighted by molar-refractivity contribution is 5.95. The number of piperidine rings is 1. The third-order valence-electron chi connectivity index (χ3n) is 7.01. The third-order valence-corrected chi connectivity index (χ3v) is 7.01. The zero-order valence-electron chi connectivity index (χ0n) is 22.5. The molecule has 218 valence electrons. The number of nitrogens with one attached hydrogen (secondary N) is 1. The summed E-state index contributed by atoms with van der Waals surface area (Å²) < 4.78 is 50.1. The molecule has 12 heteroatoms. The molecule has 5 rings (SSSR count). The summed E-state index contributed by atoms with van der Waals surface area (Å²) in [5.41, 5.74) is 2.25. The van der Waals surface area contributed by atoms with Gasteiger partial charge in [-0.25, -0.2) is 14.8 Å². The number of rotatable bonds is 7. The predicted octanol–water partition coefficient (Wildman–Crippen LogP) is 6.03. The van der Waals surface area contributed by atoms with Crippen LogP contribution in [0, 0.1) is 0 Å². The van der Waals surface area contributed by atoms with Gasteiger partial charge in [-0.1, -0.05) is 24.3 Å². The number of hydrogen-bond donors (Lipinski definition) is 2. The molecule has 1 saturated heterocycles. The summed E-state index contributed by atoms with van der Waals surface area (Å²) in [4.78, 5) is 33.9. The quantitative estimate of drug-likeness (QED) is 0.275. The fraction of sp³-hybridized carbons (Fsp3) is 0.267. The van der Waals surface area contributed by atoms with Gasteiger partial charge in [0.25, 0.3) is 0 Å². The average molecular weight is 581 g/mol. The maximum atomic E-state index is 12.8. The Morgan fingerprint density at radius 3 is 2.31 bits per heavy atom. The second kappa shape index (κ2) is 11.9. The Morgan fingerprint density at radius 1 is 1.00 bits per heavy atom. The van der Waals surface area contributed by atoms with Crippen LogP contribution >= 0.6 is 0 Å². The maximum absolute atomic E-state index is 12.8. The summed E-state index contributed by atoms with van der Waals surface area (Å²) in [6.07, 6.45) is -3.07. The number of benzene rings is 3. The number of halogens is 3. The Kier molecular flexibility index (Phi) is 8.14. The molecule has 0 spiro atoms. The zero-order chi connectivity index (χ0) is 29.9. The van der Waals surface area contributed by atoms with Gasteiger partial charge in [0.1, 0.15) is 12.4 Å². The number of fused-ring (bicyclic) bond motifs is 1. The van der Waals surface area contributed by atoms with Gasteiger partial charge < -0.3 is 24.8 Å². The Hall–Kier alpha value is -4.87. The number of alkyl halides is 3. The van der Waals surface area contributed by atoms with Crippen LogP contribution in [0.2, 0.25) is 0 Å². The van der Waals surface area contributed by atoms with E-state index in [-0.39, 0.29) is 18.4 Å². The molecule has 1 aliphatic heterocycles. The second-order valence-electron chi connectivity index (χ2n) is 9.83. The van der Waals surface area contributed by atoms with Gasteiger partial charge in [0.05, 0.1) is 30.3 Å². The summed E-state index contributed by atoms with van der Waals surface area (Å²) in [5, 5.41) is 12.7. The summed E-state index contributed by atoms with van der Waals surface area (Å²) in [6, 6.07) is 15.1. The van der Waals surface area contributed by atoms with Crippen molar-refractivity contribution in [1.82, 2.24) is 14.9 Å². The van der Waals surface area contributed by atoms with E-state index in [9.17, 15) is 27.9 Å². The highest BCUT2D eigenvalue weighted by atomic mass is 19.4. The summed E-state index contributed by atoms with van der Waals surface area (Å²) >= 11 is 0. The Bertz CT molecular complexity index is 1590. The average Bonchev–Trinajstić information content (AvgIpc) is 2.97. The zero-order valence-corrected chi connectivity index (χ0v) is 22.5. The maximum Gasteiger partial charge on any atom is 0.416 e. The minimum absolute atomic E-state index is 0.0730. The number of carbonyl (C=O) groups is 2. The first kappa shape index (κ1) is 28.7. The number of nitrogens with zero attached hydrogens (tertiary/aromatic N) is 3. The number of anilines is 1. The number of aromatic nitrogens is 2. The molecule has 1 aromatic heterocycles. The van der Waals surface area contributed by atoms with Crippen LogP contribution < -0.4 is 14.8 Å². The molecule has 3 aromatic carbocycles. The van der Waals surface area contributed by atoms with Crippen LogP contribution in [0.1, 0.15) is 24.0 Å². The molecule has 0 saturated carbocycles. The van der Waals surface area contributed by atoms with E-state index in [0.29, 0.717) is 59.9 Å². The lowest BCUT2D eigenvalue weighted by Crippen LogP contribution is -2.41. The van der Waals surface area contributed by atoms with Crippen LogP contribution in [0.15, 0.2) is 67.0 Å². The van der Waals surface area contributed by atoms with Crippen molar-refractivity contribution in [2.75, 3.05) is 25.5 Å². The van der Waals surface area contributed by atoms with Gasteiger partial charge in [0.2, 0.25) is 5.91 Å². The van der Waals surface area contributed by atoms with E-state index < -0.39 is 17.8 Å². The lowest BCUT2D eigenvalue weighted by atomic mass is 10.0. The number of likely N-dealkylation sites (tertiary alicyclic amines) is 1. The van der Waals surface area contributed by atoms with Crippen LogP contribution in [-0.2, 0) is 17.4 Å². The second-order valence-corrected chi connectivity index (χ2v) is 9.83. The molecule has 0 atom stereocenters. The topological polar surface area (TPSA) is 114 Å². The van der Waals surface area contributed by atoms with E-state index >= 15 is 0 Å². The minimum Gasteiger partial charge on any atom is -0.493 e. The Balaban J connectivity index is 1.30. The van der Waals surface area contributed by atoms with Gasteiger partial charge in [0.15, 0.2) is 11.5 Å². The van der Waals surface area contributed by atoms with Crippen LogP contribution in [0.5, 0.6) is 11.5 Å². The summed E-state index contributed by atoms with van der Waals surface area (Å²) in [7, 11) is 1.54. The Morgan fingerprint density at radius 2 is 1.69 bits per heavy atom. The van der Waals surface area contributed by atoms with Gasteiger partial charge in [0, 0.05) is 48.6 Å². The number of methoxy groups -OCH3 is 1. The lowest BCUT2D eigenvalue weighted by Gasteiger charge is -2.30. The van der Waals surface area contributed by atoms with Crippen molar-refractivity contribution in [3.8, 4) is 22.8 Å². The van der Waals surface area contributed by atoms with Crippen LogP contribution in [0.25, 0.3) is 22.2 Å². The van der Waals surface area contributed by atoms with E-state index in [1.165, 1.54) is 30.5 Å². The highest BCUT2D eigenvalue weighted by Gasteiger charge is 2.30. The van der Waals surface area contributed by atoms with Crippen molar-refractivity contribution in [3.63, 3.8) is 0 Å². The monoisotopic (exact) mass is 580 g/mol. The van der Waals surface area contributed by atoms with Gasteiger partial charge in [-0.2, -0.15) is 13.2 Å². The van der Waals surface area contributed by atoms with E-state index in [1.807, 2.05) is 6.07 Å². The van der Waals surface area contributed by atoms with E-state index in [0.717, 1.165) is 23.1 Å². The number of ether oxygens (including phenoxy) is 2. The number of carbonyl (C=O) groups excluding carboxylic acids is 1. The molecule has 0 bridgehead atoms. The van der Waals surface area contributed by atoms with Crippen molar-refractivity contribution in [3.05, 3.63) is 78.1 Å². The Labute approximate surface area is 238 Å². The van der Waals surface area contributed by atoms with Gasteiger partial charge in [-0.05, 0) is 35.9 Å². The molecule has 0 unspecified atom stereocenters. The first-order chi connectivity index (χ1) is 20.1. The largest absolute Gasteiger partial charge is 0.493 e. The minimum atomic E-state index is -4.43. The molecule has 0 aliphatic carbocycles. The van der Waals surface area contributed by atoms with Crippen LogP contribution in [0.4, 0.5) is 23.7 Å². The molecule has 1 fully saturated rings. The van der Waals surface area contributed by atoms with Crippen molar-refractivity contribution >= 4 is 28.6 Å². The van der Waals surface area contributed by atoms with Crippen LogP contribution in [-0.4, -0.2) is 58.3 Å². The van der Waals surface area contributed by atoms with Gasteiger partial charge in [-0.15, -0.1) is 0 Å². The smallest absolute Gasteiger partial charge is 0.416 e. The molecule has 9 nitrogen and oxygen atoms in total. The van der Waals surface area contributed by atoms with Gasteiger partial charge in [-0.3, -0.25) is 4.79 Å². The number of carboxylic acid groups (broad SMARTS) is 1. The summed E-state index contributed by atoms with van der Waals surface area (Å²) in [6.45, 7) is 0.773. The third kappa shape index (κ3) is 6.54. The molecule has 1 aliphatic rings. The number of hydrogen-bond acceptors (Lipinski definition) is 6. The van der Waals surface area contributed by atoms with Crippen molar-refractivity contribution in [2.45, 2.75) is 31.5 Å². The normalized spacial score (nSPS) is 14.0. The molecule has 4 aromatic rings. The highest BCUT2D eigenvalue weighted by Crippen LogP contribution is 2.37. The standard InChI is InChI=1S/C30H27F3N4O5/c1-41-25-16-24-23(15-26(25)42-22-10-12-37(13-11-22)29(39)40)28(35-17-34-24)19-4-8-21(9-5-19)36-27(38)14-18-2-6-20(7-3-18)30(31,32)33/h2-9,15-17,22H,10-14H2,1H3,(H,36,38)(H,39,40). The van der Waals surface area contributed by atoms with Crippen molar-refractivity contribution in [1.29, 1.82) is 0 Å². The van der Waals surface area contributed by atoms with E-state index in [2.05, 4.69) is 15.3 Å². The lowest BCUT2D eigenvalue weighted by molar-refractivity contribution is -0.137. The van der Waals surface area contributed by atoms with Crippen molar-refractivity contribution < 1.29 is 37.3 Å². The van der Waals surface area contributed by atoms with Gasteiger partial charge >= 0.3 is 12.3 Å². The SMILES string of the molecule is COc1cc2ncnc(-c3ccc(NC(=O)Cc4ccc(C(F)(F)F)cc4)cc3)c2cc1OC1CCN(C(=O)O)CC1. The molecule has 2 heterocycles. The molecule has 0 radical (unpaired) electrons. The predicted molar refractivity (Wildman–Crippen MR) is 149 cm³/mol. The van der Waals surface area contributed by atoms with Crippen LogP contribution in [0.3, 0.4) is 0 Å². The molecule has 2 N–H and O–H groups in total. The first-order valence-corrected chi connectivity index (χ1v) is 13.1. The molecular weight excluding hydrogens is 553 g/mol. The number of amides is 2. The fourth-order valence-corrected chi connectivity index (χ4v) is 4.80. The fourth-order valence-electron chi connectivity index (χ4n) is 4.80. The van der Waals surface area contributed by atoms with E-state index in [1.54, 1.807) is 30.3 Å².